The molecule has 3 rings (SSSR count). The largest absolute Gasteiger partial charge is 0.493 e. The minimum absolute atomic E-state index is 0.233. The van der Waals surface area contributed by atoms with Gasteiger partial charge in [0.2, 0.25) is 5.75 Å². The minimum Gasteiger partial charge on any atom is -0.493 e. The smallest absolute Gasteiger partial charge is 0.262 e. The summed E-state index contributed by atoms with van der Waals surface area (Å²) in [7, 11) is 1.54. The van der Waals surface area contributed by atoms with Crippen molar-refractivity contribution in [2.24, 2.45) is 0 Å². The van der Waals surface area contributed by atoms with Crippen LogP contribution in [0.25, 0.3) is 6.08 Å². The molecule has 29 heavy (non-hydrogen) atoms. The second-order valence-electron chi connectivity index (χ2n) is 6.00. The van der Waals surface area contributed by atoms with Crippen LogP contribution in [0, 0.1) is 5.82 Å². The Bertz CT molecular complexity index is 901. The van der Waals surface area contributed by atoms with E-state index in [9.17, 15) is 9.18 Å². The van der Waals surface area contributed by atoms with Crippen LogP contribution in [0.2, 0.25) is 0 Å². The Balaban J connectivity index is 1.49. The number of benzene rings is 2. The summed E-state index contributed by atoms with van der Waals surface area (Å²) < 4.78 is 29.3. The van der Waals surface area contributed by atoms with E-state index in [-0.39, 0.29) is 10.9 Å². The third kappa shape index (κ3) is 5.82. The van der Waals surface area contributed by atoms with Gasteiger partial charge in [-0.05, 0) is 53.7 Å². The van der Waals surface area contributed by atoms with E-state index in [0.717, 1.165) is 11.1 Å². The fourth-order valence-electron chi connectivity index (χ4n) is 2.55. The van der Waals surface area contributed by atoms with E-state index in [0.29, 0.717) is 37.0 Å². The summed E-state index contributed by atoms with van der Waals surface area (Å²) in [6.07, 6.45) is 2.97. The fraction of sp³-hybridized carbons (Fsp3) is 0.200. The van der Waals surface area contributed by atoms with E-state index in [4.69, 9.17) is 26.4 Å². The van der Waals surface area contributed by atoms with Crippen LogP contribution in [0.4, 0.5) is 4.39 Å². The Kier molecular flexibility index (Phi) is 6.85. The first-order valence-electron chi connectivity index (χ1n) is 8.79. The lowest BCUT2D eigenvalue weighted by atomic mass is 10.1. The molecule has 1 aliphatic rings. The van der Waals surface area contributed by atoms with Crippen LogP contribution in [0.15, 0.2) is 42.5 Å². The molecule has 0 aliphatic carbocycles. The minimum atomic E-state index is -0.398. The van der Waals surface area contributed by atoms with E-state index in [2.05, 4.69) is 16.2 Å². The first-order valence-corrected chi connectivity index (χ1v) is 9.20. The Labute approximate surface area is 172 Å². The second-order valence-corrected chi connectivity index (χ2v) is 6.41. The highest BCUT2D eigenvalue weighted by Crippen LogP contribution is 2.40. The molecule has 2 aromatic carbocycles. The molecule has 7 nitrogen and oxygen atoms in total. The normalized spacial score (nSPS) is 12.3. The molecule has 2 aromatic rings. The molecule has 0 aromatic heterocycles. The van der Waals surface area contributed by atoms with Gasteiger partial charge in [0, 0.05) is 12.6 Å². The summed E-state index contributed by atoms with van der Waals surface area (Å²) in [5.41, 5.74) is 6.64. The Morgan fingerprint density at radius 1 is 1.21 bits per heavy atom. The molecule has 0 radical (unpaired) electrons. The van der Waals surface area contributed by atoms with Crippen LogP contribution in [-0.2, 0) is 11.3 Å². The van der Waals surface area contributed by atoms with Crippen molar-refractivity contribution in [3.8, 4) is 17.2 Å². The fourth-order valence-corrected chi connectivity index (χ4v) is 2.67. The predicted octanol–water partition coefficient (Wildman–Crippen LogP) is 2.31. The van der Waals surface area contributed by atoms with Crippen LogP contribution in [0.3, 0.4) is 0 Å². The number of amides is 1. The van der Waals surface area contributed by atoms with Gasteiger partial charge in [0.25, 0.3) is 5.91 Å². The van der Waals surface area contributed by atoms with Gasteiger partial charge in [-0.3, -0.25) is 15.6 Å². The quantitative estimate of drug-likeness (QED) is 0.391. The second kappa shape index (κ2) is 9.74. The van der Waals surface area contributed by atoms with Gasteiger partial charge in [0.1, 0.15) is 19.0 Å². The summed E-state index contributed by atoms with van der Waals surface area (Å²) in [5.74, 6) is 0.958. The summed E-state index contributed by atoms with van der Waals surface area (Å²) in [6.45, 7) is 1.31. The summed E-state index contributed by atoms with van der Waals surface area (Å²) in [6, 6.07) is 9.55. The van der Waals surface area contributed by atoms with Crippen molar-refractivity contribution in [1.82, 2.24) is 16.2 Å². The van der Waals surface area contributed by atoms with Crippen molar-refractivity contribution in [3.05, 3.63) is 59.4 Å². The number of hydrazine groups is 1. The van der Waals surface area contributed by atoms with Crippen LogP contribution < -0.4 is 30.4 Å². The van der Waals surface area contributed by atoms with E-state index in [1.807, 2.05) is 0 Å². The lowest BCUT2D eigenvalue weighted by molar-refractivity contribution is -0.116. The van der Waals surface area contributed by atoms with Crippen molar-refractivity contribution < 1.29 is 23.4 Å². The zero-order chi connectivity index (χ0) is 20.6. The van der Waals surface area contributed by atoms with E-state index >= 15 is 0 Å². The highest BCUT2D eigenvalue weighted by Gasteiger charge is 2.17. The zero-order valence-corrected chi connectivity index (χ0v) is 16.5. The van der Waals surface area contributed by atoms with Gasteiger partial charge >= 0.3 is 0 Å². The number of nitrogens with one attached hydrogen (secondary N) is 3. The molecule has 0 fully saturated rings. The lowest BCUT2D eigenvalue weighted by Gasteiger charge is -2.20. The number of methoxy groups -OCH3 is 1. The van der Waals surface area contributed by atoms with Gasteiger partial charge in [-0.25, -0.2) is 4.39 Å². The molecule has 9 heteroatoms. The van der Waals surface area contributed by atoms with Crippen LogP contribution in [0.1, 0.15) is 11.1 Å². The topological polar surface area (TPSA) is 80.9 Å². The molecule has 0 unspecified atom stereocenters. The number of thiocarbonyl (C=S) groups is 1. The predicted molar refractivity (Wildman–Crippen MR) is 110 cm³/mol. The molecule has 0 atom stereocenters. The third-order valence-corrected chi connectivity index (χ3v) is 4.19. The zero-order valence-electron chi connectivity index (χ0n) is 15.7. The summed E-state index contributed by atoms with van der Waals surface area (Å²) >= 11 is 5.09. The Morgan fingerprint density at radius 2 is 1.97 bits per heavy atom. The molecule has 0 saturated carbocycles. The molecular weight excluding hydrogens is 397 g/mol. The van der Waals surface area contributed by atoms with E-state index in [1.165, 1.54) is 25.3 Å². The number of hydrogen-bond donors (Lipinski definition) is 3. The van der Waals surface area contributed by atoms with Gasteiger partial charge in [-0.2, -0.15) is 0 Å². The van der Waals surface area contributed by atoms with Crippen LogP contribution in [0.5, 0.6) is 17.2 Å². The van der Waals surface area contributed by atoms with Crippen molar-refractivity contribution in [2.45, 2.75) is 6.54 Å². The van der Waals surface area contributed by atoms with Gasteiger partial charge < -0.3 is 19.5 Å². The van der Waals surface area contributed by atoms with Crippen LogP contribution >= 0.6 is 12.2 Å². The van der Waals surface area contributed by atoms with Crippen LogP contribution in [-0.4, -0.2) is 31.3 Å². The SMILES string of the molecule is COc1cc(/C=C/C(=O)NNC(=S)NCc2ccc(F)cc2)cc2c1OCCO2. The van der Waals surface area contributed by atoms with Crippen molar-refractivity contribution in [1.29, 1.82) is 0 Å². The number of rotatable bonds is 5. The Morgan fingerprint density at radius 3 is 2.72 bits per heavy atom. The van der Waals surface area contributed by atoms with Crippen molar-refractivity contribution in [2.75, 3.05) is 20.3 Å². The molecule has 1 heterocycles. The molecule has 1 aliphatic heterocycles. The molecule has 152 valence electrons. The summed E-state index contributed by atoms with van der Waals surface area (Å²) in [4.78, 5) is 12.0. The van der Waals surface area contributed by atoms with E-state index in [1.54, 1.807) is 30.3 Å². The molecule has 0 bridgehead atoms. The average molecular weight is 417 g/mol. The Hall–Kier alpha value is -3.33. The molecule has 0 saturated heterocycles. The average Bonchev–Trinajstić information content (AvgIpc) is 2.75. The highest BCUT2D eigenvalue weighted by atomic mass is 32.1. The number of carbonyl (C=O) groups excluding carboxylic acids is 1. The van der Waals surface area contributed by atoms with Crippen molar-refractivity contribution in [3.63, 3.8) is 0 Å². The number of hydrogen-bond acceptors (Lipinski definition) is 5. The molecule has 3 N–H and O–H groups in total. The highest BCUT2D eigenvalue weighted by molar-refractivity contribution is 7.80. The number of halogens is 1. The molecule has 1 amide bonds. The summed E-state index contributed by atoms with van der Waals surface area (Å²) in [5, 5.41) is 3.14. The number of carbonyl (C=O) groups is 1. The van der Waals surface area contributed by atoms with Gasteiger partial charge in [-0.15, -0.1) is 0 Å². The maximum atomic E-state index is 12.9. The third-order valence-electron chi connectivity index (χ3n) is 3.94. The number of fused-ring (bicyclic) bond motifs is 1. The maximum Gasteiger partial charge on any atom is 0.262 e. The monoisotopic (exact) mass is 417 g/mol. The van der Waals surface area contributed by atoms with Gasteiger partial charge in [-0.1, -0.05) is 12.1 Å². The number of ether oxygens (including phenoxy) is 3. The van der Waals surface area contributed by atoms with E-state index < -0.39 is 5.91 Å². The lowest BCUT2D eigenvalue weighted by Crippen LogP contribution is -2.45. The van der Waals surface area contributed by atoms with Gasteiger partial charge in [0.15, 0.2) is 16.6 Å². The first kappa shape index (κ1) is 20.4. The standard InChI is InChI=1S/C20H20FN3O4S/c1-26-16-10-14(11-17-19(16)28-9-8-27-17)4-7-18(25)23-24-20(29)22-12-13-2-5-15(21)6-3-13/h2-7,10-11H,8-9,12H2,1H3,(H,23,25)(H2,22,24,29)/b7-4+. The van der Waals surface area contributed by atoms with Crippen molar-refractivity contribution >= 4 is 29.3 Å². The van der Waals surface area contributed by atoms with Gasteiger partial charge in [0.05, 0.1) is 7.11 Å². The first-order chi connectivity index (χ1) is 14.0. The maximum absolute atomic E-state index is 12.9. The molecular formula is C20H20FN3O4S. The molecule has 0 spiro atoms.